The van der Waals surface area contributed by atoms with E-state index in [2.05, 4.69) is 27.8 Å². The Morgan fingerprint density at radius 3 is 2.82 bits per heavy atom. The molecule has 1 atom stereocenters. The number of alkyl halides is 1. The van der Waals surface area contributed by atoms with Gasteiger partial charge in [0, 0.05) is 32.1 Å². The number of hydrogen-bond donors (Lipinski definition) is 0. The van der Waals surface area contributed by atoms with Crippen LogP contribution in [0.2, 0.25) is 0 Å². The number of likely N-dealkylation sites (tertiary alicyclic amines) is 1. The first-order valence-corrected chi connectivity index (χ1v) is 5.16. The maximum Gasteiger partial charge on any atom is 0.0789 e. The molecule has 0 aliphatic carbocycles. The van der Waals surface area contributed by atoms with Crippen molar-refractivity contribution in [2.75, 3.05) is 32.1 Å². The van der Waals surface area contributed by atoms with Gasteiger partial charge in [0.2, 0.25) is 0 Å². The van der Waals surface area contributed by atoms with Crippen molar-refractivity contribution < 1.29 is 4.74 Å². The second-order valence-corrected chi connectivity index (χ2v) is 4.16. The van der Waals surface area contributed by atoms with Gasteiger partial charge in [0.05, 0.1) is 5.60 Å². The van der Waals surface area contributed by atoms with Crippen LogP contribution in [0.5, 0.6) is 0 Å². The topological polar surface area (TPSA) is 12.5 Å². The first-order valence-electron chi connectivity index (χ1n) is 4.04. The summed E-state index contributed by atoms with van der Waals surface area (Å²) < 4.78 is 5.42. The van der Waals surface area contributed by atoms with Crippen LogP contribution in [0.4, 0.5) is 0 Å². The zero-order chi connectivity index (χ0) is 8.32. The van der Waals surface area contributed by atoms with Crippen LogP contribution in [0, 0.1) is 0 Å². The summed E-state index contributed by atoms with van der Waals surface area (Å²) in [6, 6.07) is 0. The number of ether oxygens (including phenoxy) is 1. The molecule has 11 heavy (non-hydrogen) atoms. The van der Waals surface area contributed by atoms with E-state index in [-0.39, 0.29) is 5.60 Å². The fraction of sp³-hybridized carbons (Fsp3) is 1.00. The molecular formula is C8H16BrNO. The van der Waals surface area contributed by atoms with Crippen LogP contribution in [-0.4, -0.2) is 42.6 Å². The minimum atomic E-state index is 0.113. The van der Waals surface area contributed by atoms with Crippen molar-refractivity contribution in [1.82, 2.24) is 4.90 Å². The third-order valence-corrected chi connectivity index (χ3v) is 2.76. The van der Waals surface area contributed by atoms with Crippen LogP contribution in [0.1, 0.15) is 13.3 Å². The Balaban J connectivity index is 2.33. The van der Waals surface area contributed by atoms with Crippen LogP contribution in [0.15, 0.2) is 0 Å². The van der Waals surface area contributed by atoms with Crippen LogP contribution in [0.25, 0.3) is 0 Å². The minimum Gasteiger partial charge on any atom is -0.377 e. The molecule has 1 heterocycles. The summed E-state index contributed by atoms with van der Waals surface area (Å²) >= 11 is 3.44. The van der Waals surface area contributed by atoms with Crippen molar-refractivity contribution in [3.8, 4) is 0 Å². The molecule has 3 heteroatoms. The molecule has 0 N–H and O–H groups in total. The second-order valence-electron chi connectivity index (χ2n) is 3.37. The summed E-state index contributed by atoms with van der Waals surface area (Å²) in [5.41, 5.74) is 0.113. The lowest BCUT2D eigenvalue weighted by Gasteiger charge is -2.22. The molecule has 0 aromatic heterocycles. The number of rotatable bonds is 3. The summed E-state index contributed by atoms with van der Waals surface area (Å²) in [7, 11) is 1.80. The molecule has 1 fully saturated rings. The molecular weight excluding hydrogens is 206 g/mol. The van der Waals surface area contributed by atoms with Crippen molar-refractivity contribution in [1.29, 1.82) is 0 Å². The van der Waals surface area contributed by atoms with Crippen LogP contribution < -0.4 is 0 Å². The van der Waals surface area contributed by atoms with E-state index in [1.54, 1.807) is 7.11 Å². The van der Waals surface area contributed by atoms with E-state index in [0.29, 0.717) is 0 Å². The van der Waals surface area contributed by atoms with Gasteiger partial charge in [-0.25, -0.2) is 0 Å². The summed E-state index contributed by atoms with van der Waals surface area (Å²) in [5, 5.41) is 1.06. The molecule has 1 saturated heterocycles. The van der Waals surface area contributed by atoms with Gasteiger partial charge in [0.1, 0.15) is 0 Å². The number of hydrogen-bond acceptors (Lipinski definition) is 2. The predicted octanol–water partition coefficient (Wildman–Crippen LogP) is 1.49. The largest absolute Gasteiger partial charge is 0.377 e. The summed E-state index contributed by atoms with van der Waals surface area (Å²) in [6.45, 7) is 5.57. The Kier molecular flexibility index (Phi) is 3.34. The van der Waals surface area contributed by atoms with Gasteiger partial charge >= 0.3 is 0 Å². The van der Waals surface area contributed by atoms with Gasteiger partial charge in [0.15, 0.2) is 0 Å². The quantitative estimate of drug-likeness (QED) is 0.671. The molecule has 0 saturated carbocycles. The zero-order valence-corrected chi connectivity index (χ0v) is 8.85. The van der Waals surface area contributed by atoms with Crippen LogP contribution in [0.3, 0.4) is 0 Å². The Morgan fingerprint density at radius 1 is 1.64 bits per heavy atom. The van der Waals surface area contributed by atoms with Gasteiger partial charge in [-0.15, -0.1) is 0 Å². The standard InChI is InChI=1S/C8H16BrNO/c1-8(11-2)3-5-10(7-8)6-4-9/h3-7H2,1-2H3. The van der Waals surface area contributed by atoms with E-state index in [9.17, 15) is 0 Å². The van der Waals surface area contributed by atoms with Crippen molar-refractivity contribution in [3.05, 3.63) is 0 Å². The third kappa shape index (κ3) is 2.42. The Hall–Kier alpha value is 0.400. The average Bonchev–Trinajstić information content (AvgIpc) is 2.35. The molecule has 1 aliphatic rings. The molecule has 0 spiro atoms. The number of methoxy groups -OCH3 is 1. The van der Waals surface area contributed by atoms with E-state index in [0.717, 1.165) is 24.8 Å². The van der Waals surface area contributed by atoms with Crippen LogP contribution >= 0.6 is 15.9 Å². The summed E-state index contributed by atoms with van der Waals surface area (Å²) in [5.74, 6) is 0. The molecule has 0 radical (unpaired) electrons. The summed E-state index contributed by atoms with van der Waals surface area (Å²) in [4.78, 5) is 2.43. The third-order valence-electron chi connectivity index (χ3n) is 2.41. The van der Waals surface area contributed by atoms with Gasteiger partial charge < -0.3 is 4.74 Å². The van der Waals surface area contributed by atoms with E-state index < -0.39 is 0 Å². The van der Waals surface area contributed by atoms with Gasteiger partial charge in [-0.05, 0) is 13.3 Å². The second kappa shape index (κ2) is 3.87. The highest BCUT2D eigenvalue weighted by molar-refractivity contribution is 9.09. The van der Waals surface area contributed by atoms with Crippen molar-refractivity contribution in [3.63, 3.8) is 0 Å². The lowest BCUT2D eigenvalue weighted by Crippen LogP contribution is -2.32. The lowest BCUT2D eigenvalue weighted by atomic mass is 10.1. The molecule has 2 nitrogen and oxygen atoms in total. The Morgan fingerprint density at radius 2 is 2.36 bits per heavy atom. The molecule has 1 aliphatic heterocycles. The van der Waals surface area contributed by atoms with Crippen molar-refractivity contribution >= 4 is 15.9 Å². The number of nitrogens with zero attached hydrogens (tertiary/aromatic N) is 1. The Labute approximate surface area is 77.0 Å². The molecule has 66 valence electrons. The highest BCUT2D eigenvalue weighted by Gasteiger charge is 2.32. The fourth-order valence-corrected chi connectivity index (χ4v) is 2.00. The molecule has 0 aromatic rings. The molecule has 0 bridgehead atoms. The SMILES string of the molecule is COC1(C)CCN(CCBr)C1. The zero-order valence-electron chi connectivity index (χ0n) is 7.27. The molecule has 0 amide bonds. The van der Waals surface area contributed by atoms with Crippen LogP contribution in [-0.2, 0) is 4.74 Å². The van der Waals surface area contributed by atoms with Gasteiger partial charge in [0.25, 0.3) is 0 Å². The highest BCUT2D eigenvalue weighted by Crippen LogP contribution is 2.23. The highest BCUT2D eigenvalue weighted by atomic mass is 79.9. The molecule has 1 rings (SSSR count). The maximum atomic E-state index is 5.42. The van der Waals surface area contributed by atoms with E-state index >= 15 is 0 Å². The Bertz CT molecular complexity index is 131. The normalized spacial score (nSPS) is 33.0. The summed E-state index contributed by atoms with van der Waals surface area (Å²) in [6.07, 6.45) is 1.16. The monoisotopic (exact) mass is 221 g/mol. The smallest absolute Gasteiger partial charge is 0.0789 e. The van der Waals surface area contributed by atoms with Gasteiger partial charge in [-0.3, -0.25) is 4.90 Å². The fourth-order valence-electron chi connectivity index (χ4n) is 1.50. The maximum absolute atomic E-state index is 5.42. The molecule has 1 unspecified atom stereocenters. The molecule has 0 aromatic carbocycles. The van der Waals surface area contributed by atoms with Gasteiger partial charge in [-0.1, -0.05) is 15.9 Å². The van der Waals surface area contributed by atoms with Gasteiger partial charge in [-0.2, -0.15) is 0 Å². The first kappa shape index (κ1) is 9.49. The lowest BCUT2D eigenvalue weighted by molar-refractivity contribution is 0.0154. The van der Waals surface area contributed by atoms with E-state index in [1.807, 2.05) is 0 Å². The van der Waals surface area contributed by atoms with Crippen molar-refractivity contribution in [2.24, 2.45) is 0 Å². The number of halogens is 1. The average molecular weight is 222 g/mol. The minimum absolute atomic E-state index is 0.113. The first-order chi connectivity index (χ1) is 5.20. The van der Waals surface area contributed by atoms with E-state index in [1.165, 1.54) is 6.54 Å². The van der Waals surface area contributed by atoms with E-state index in [4.69, 9.17) is 4.74 Å². The predicted molar refractivity (Wildman–Crippen MR) is 50.3 cm³/mol. The van der Waals surface area contributed by atoms with Crippen molar-refractivity contribution in [2.45, 2.75) is 18.9 Å².